The molecular formula is C13H13ClN2O3S. The maximum Gasteiger partial charge on any atom is 0.264 e. The van der Waals surface area contributed by atoms with E-state index < -0.39 is 9.05 Å². The molecule has 1 aliphatic heterocycles. The summed E-state index contributed by atoms with van der Waals surface area (Å²) in [6.07, 6.45) is 4.42. The van der Waals surface area contributed by atoms with Gasteiger partial charge in [0.2, 0.25) is 0 Å². The molecule has 20 heavy (non-hydrogen) atoms. The summed E-state index contributed by atoms with van der Waals surface area (Å²) >= 11 is 0. The van der Waals surface area contributed by atoms with Crippen LogP contribution in [0.2, 0.25) is 0 Å². The van der Waals surface area contributed by atoms with Crippen LogP contribution in [-0.2, 0) is 28.4 Å². The molecule has 0 fully saturated rings. The number of hydrogen-bond donors (Lipinski definition) is 0. The quantitative estimate of drug-likeness (QED) is 0.810. The van der Waals surface area contributed by atoms with Crippen LogP contribution in [0.3, 0.4) is 0 Å². The van der Waals surface area contributed by atoms with Gasteiger partial charge in [-0.2, -0.15) is 5.10 Å². The summed E-state index contributed by atoms with van der Waals surface area (Å²) in [4.78, 5) is 0.0292. The molecule has 0 amide bonds. The van der Waals surface area contributed by atoms with Crippen molar-refractivity contribution >= 4 is 19.7 Å². The van der Waals surface area contributed by atoms with Gasteiger partial charge >= 0.3 is 0 Å². The van der Waals surface area contributed by atoms with Crippen molar-refractivity contribution < 1.29 is 13.2 Å². The molecule has 1 aromatic heterocycles. The van der Waals surface area contributed by atoms with Gasteiger partial charge in [0.15, 0.2) is 0 Å². The number of aryl methyl sites for hydroxylation is 2. The van der Waals surface area contributed by atoms with Crippen molar-refractivity contribution in [3.63, 3.8) is 0 Å². The average molecular weight is 313 g/mol. The average Bonchev–Trinajstić information content (AvgIpc) is 3.04. The number of nitrogens with zero attached hydrogens (tertiary/aromatic N) is 2. The summed E-state index contributed by atoms with van der Waals surface area (Å²) < 4.78 is 29.3. The predicted octanol–water partition coefficient (Wildman–Crippen LogP) is 1.99. The van der Waals surface area contributed by atoms with Crippen molar-refractivity contribution in [2.75, 3.05) is 6.61 Å². The van der Waals surface area contributed by atoms with Gasteiger partial charge in [-0.05, 0) is 23.6 Å². The third-order valence-electron chi connectivity index (χ3n) is 3.27. The molecule has 0 radical (unpaired) electrons. The van der Waals surface area contributed by atoms with E-state index in [9.17, 15) is 8.42 Å². The van der Waals surface area contributed by atoms with Gasteiger partial charge in [0.05, 0.1) is 12.8 Å². The highest BCUT2D eigenvalue weighted by Crippen LogP contribution is 2.26. The fourth-order valence-electron chi connectivity index (χ4n) is 2.23. The molecule has 0 aliphatic carbocycles. The van der Waals surface area contributed by atoms with Crippen molar-refractivity contribution in [3.8, 4) is 5.75 Å². The third kappa shape index (κ3) is 2.81. The first-order valence-electron chi connectivity index (χ1n) is 6.24. The van der Waals surface area contributed by atoms with Crippen LogP contribution in [-0.4, -0.2) is 24.8 Å². The van der Waals surface area contributed by atoms with Crippen LogP contribution in [0.25, 0.3) is 0 Å². The Hall–Kier alpha value is -1.53. The molecule has 7 heteroatoms. The number of fused-ring (bicyclic) bond motifs is 1. The van der Waals surface area contributed by atoms with Gasteiger partial charge in [0, 0.05) is 29.8 Å². The van der Waals surface area contributed by atoms with E-state index in [0.717, 1.165) is 25.2 Å². The highest BCUT2D eigenvalue weighted by Gasteiger charge is 2.14. The van der Waals surface area contributed by atoms with Crippen LogP contribution in [0, 0.1) is 0 Å². The van der Waals surface area contributed by atoms with Gasteiger partial charge in [-0.3, -0.25) is 4.68 Å². The fourth-order valence-corrected chi connectivity index (χ4v) is 2.89. The number of aromatic nitrogens is 2. The van der Waals surface area contributed by atoms with Crippen LogP contribution < -0.4 is 4.74 Å². The first-order valence-corrected chi connectivity index (χ1v) is 8.55. The zero-order chi connectivity index (χ0) is 14.2. The molecule has 0 N–H and O–H groups in total. The van der Waals surface area contributed by atoms with E-state index in [2.05, 4.69) is 11.2 Å². The molecule has 0 atom stereocenters. The molecule has 0 unspecified atom stereocenters. The van der Waals surface area contributed by atoms with Crippen molar-refractivity contribution in [1.82, 2.24) is 9.78 Å². The van der Waals surface area contributed by atoms with Crippen LogP contribution in [0.1, 0.15) is 11.1 Å². The van der Waals surface area contributed by atoms with Crippen molar-refractivity contribution in [2.24, 2.45) is 0 Å². The van der Waals surface area contributed by atoms with E-state index in [1.807, 2.05) is 12.1 Å². The zero-order valence-electron chi connectivity index (χ0n) is 10.6. The van der Waals surface area contributed by atoms with E-state index in [1.165, 1.54) is 23.5 Å². The van der Waals surface area contributed by atoms with Crippen LogP contribution in [0.4, 0.5) is 0 Å². The second kappa shape index (κ2) is 5.10. The number of rotatable bonds is 4. The lowest BCUT2D eigenvalue weighted by molar-refractivity contribution is 0.357. The van der Waals surface area contributed by atoms with Crippen molar-refractivity contribution in [1.29, 1.82) is 0 Å². The lowest BCUT2D eigenvalue weighted by Gasteiger charge is -2.04. The molecule has 1 aromatic carbocycles. The second-order valence-corrected chi connectivity index (χ2v) is 7.23. The molecule has 1 aliphatic rings. The summed E-state index contributed by atoms with van der Waals surface area (Å²) in [7, 11) is 1.56. The van der Waals surface area contributed by atoms with E-state index in [1.54, 1.807) is 4.68 Å². The zero-order valence-corrected chi connectivity index (χ0v) is 12.2. The van der Waals surface area contributed by atoms with Gasteiger partial charge in [0.1, 0.15) is 10.6 Å². The molecule has 2 heterocycles. The van der Waals surface area contributed by atoms with Gasteiger partial charge in [0.25, 0.3) is 9.05 Å². The highest BCUT2D eigenvalue weighted by atomic mass is 35.7. The molecular weight excluding hydrogens is 300 g/mol. The normalized spacial score (nSPS) is 14.1. The number of halogens is 1. The van der Waals surface area contributed by atoms with Gasteiger partial charge in [-0.1, -0.05) is 12.1 Å². The summed E-state index contributed by atoms with van der Waals surface area (Å²) in [5.74, 6) is 0.961. The maximum absolute atomic E-state index is 11.1. The van der Waals surface area contributed by atoms with Gasteiger partial charge in [-0.25, -0.2) is 8.42 Å². The maximum atomic E-state index is 11.1. The Morgan fingerprint density at radius 3 is 3.00 bits per heavy atom. The first kappa shape index (κ1) is 13.5. The van der Waals surface area contributed by atoms with Gasteiger partial charge < -0.3 is 4.74 Å². The second-order valence-electron chi connectivity index (χ2n) is 4.67. The Kier molecular flexibility index (Phi) is 3.43. The lowest BCUT2D eigenvalue weighted by atomic mass is 10.1. The van der Waals surface area contributed by atoms with Crippen molar-refractivity contribution in [2.45, 2.75) is 24.3 Å². The van der Waals surface area contributed by atoms with Crippen molar-refractivity contribution in [3.05, 3.63) is 41.7 Å². The largest absolute Gasteiger partial charge is 0.493 e. The smallest absolute Gasteiger partial charge is 0.264 e. The Morgan fingerprint density at radius 2 is 2.25 bits per heavy atom. The van der Waals surface area contributed by atoms with E-state index in [0.29, 0.717) is 6.54 Å². The number of ether oxygens (including phenoxy) is 1. The molecule has 5 nitrogen and oxygen atoms in total. The summed E-state index contributed by atoms with van der Waals surface area (Å²) in [5.41, 5.74) is 2.41. The topological polar surface area (TPSA) is 61.2 Å². The Labute approximate surface area is 121 Å². The summed E-state index contributed by atoms with van der Waals surface area (Å²) in [6, 6.07) is 6.13. The summed E-state index contributed by atoms with van der Waals surface area (Å²) in [5, 5.41) is 4.00. The number of benzene rings is 1. The SMILES string of the molecule is O=S(=O)(Cl)c1cnn(CCc2ccc3c(c2)CCO3)c1. The minimum absolute atomic E-state index is 0.0292. The Balaban J connectivity index is 1.69. The fraction of sp³-hybridized carbons (Fsp3) is 0.308. The lowest BCUT2D eigenvalue weighted by Crippen LogP contribution is -2.02. The van der Waals surface area contributed by atoms with E-state index >= 15 is 0 Å². The highest BCUT2D eigenvalue weighted by molar-refractivity contribution is 8.13. The van der Waals surface area contributed by atoms with E-state index in [4.69, 9.17) is 15.4 Å². The van der Waals surface area contributed by atoms with E-state index in [-0.39, 0.29) is 4.90 Å². The molecule has 2 aromatic rings. The summed E-state index contributed by atoms with van der Waals surface area (Å²) in [6.45, 7) is 1.35. The monoisotopic (exact) mass is 312 g/mol. The molecule has 0 saturated heterocycles. The Bertz CT molecular complexity index is 740. The molecule has 3 rings (SSSR count). The molecule has 0 saturated carbocycles. The van der Waals surface area contributed by atoms with Crippen LogP contribution in [0.15, 0.2) is 35.5 Å². The Morgan fingerprint density at radius 1 is 1.40 bits per heavy atom. The van der Waals surface area contributed by atoms with Crippen LogP contribution >= 0.6 is 10.7 Å². The predicted molar refractivity (Wildman–Crippen MR) is 74.6 cm³/mol. The number of hydrogen-bond acceptors (Lipinski definition) is 4. The minimum atomic E-state index is -3.70. The van der Waals surface area contributed by atoms with Gasteiger partial charge in [-0.15, -0.1) is 0 Å². The molecule has 0 bridgehead atoms. The molecule has 106 valence electrons. The minimum Gasteiger partial charge on any atom is -0.493 e. The standard InChI is InChI=1S/C13H13ClN2O3S/c14-20(17,18)12-8-15-16(9-12)5-3-10-1-2-13-11(7-10)4-6-19-13/h1-2,7-9H,3-6H2. The third-order valence-corrected chi connectivity index (χ3v) is 4.58. The molecule has 0 spiro atoms. The van der Waals surface area contributed by atoms with Crippen LogP contribution in [0.5, 0.6) is 5.75 Å². The first-order chi connectivity index (χ1) is 9.52.